The molecule has 116 valence electrons. The van der Waals surface area contributed by atoms with Gasteiger partial charge in [0.15, 0.2) is 0 Å². The minimum atomic E-state index is -0.627. The van der Waals surface area contributed by atoms with Gasteiger partial charge in [-0.15, -0.1) is 0 Å². The van der Waals surface area contributed by atoms with Crippen molar-refractivity contribution in [3.05, 3.63) is 0 Å². The van der Waals surface area contributed by atoms with E-state index in [1.54, 1.807) is 0 Å². The molecule has 6 heteroatoms. The fraction of sp³-hybridized carbons (Fsp3) is 0.857. The molecule has 1 atom stereocenters. The molecule has 0 saturated heterocycles. The highest BCUT2D eigenvalue weighted by Crippen LogP contribution is 2.32. The van der Waals surface area contributed by atoms with Crippen LogP contribution in [0.3, 0.4) is 0 Å². The molecule has 0 aromatic carbocycles. The number of nitrogens with one attached hydrogen (secondary N) is 2. The quantitative estimate of drug-likeness (QED) is 0.651. The van der Waals surface area contributed by atoms with E-state index in [0.717, 1.165) is 19.4 Å². The van der Waals surface area contributed by atoms with Crippen LogP contribution in [0.2, 0.25) is 0 Å². The summed E-state index contributed by atoms with van der Waals surface area (Å²) in [5, 5.41) is 5.92. The second kappa shape index (κ2) is 7.59. The average Bonchev–Trinajstić information content (AvgIpc) is 2.86. The van der Waals surface area contributed by atoms with Crippen molar-refractivity contribution in [2.24, 2.45) is 0 Å². The van der Waals surface area contributed by atoms with Crippen molar-refractivity contribution in [1.82, 2.24) is 15.5 Å². The number of ether oxygens (including phenoxy) is 1. The molecule has 1 rings (SSSR count). The molecule has 0 aliphatic heterocycles. The summed E-state index contributed by atoms with van der Waals surface area (Å²) in [6.07, 6.45) is 4.81. The van der Waals surface area contributed by atoms with Crippen molar-refractivity contribution in [3.63, 3.8) is 0 Å². The molecule has 1 fully saturated rings. The monoisotopic (exact) mass is 285 g/mol. The van der Waals surface area contributed by atoms with Crippen LogP contribution < -0.4 is 10.6 Å². The van der Waals surface area contributed by atoms with Crippen LogP contribution in [0, 0.1) is 0 Å². The largest absolute Gasteiger partial charge is 0.467 e. The molecule has 1 aliphatic rings. The number of nitrogens with zero attached hydrogens (tertiary/aromatic N) is 1. The highest BCUT2D eigenvalue weighted by Gasteiger charge is 2.35. The Hall–Kier alpha value is -1.14. The van der Waals surface area contributed by atoms with Gasteiger partial charge in [-0.2, -0.15) is 0 Å². The standard InChI is InChI=1S/C14H27N3O3/c1-11(18)16-12(13(19)20-4)9-15-10-14(17(2)3)7-5-6-8-14/h12,15H,5-10H2,1-4H3,(H,16,18). The summed E-state index contributed by atoms with van der Waals surface area (Å²) in [5.41, 5.74) is 0.164. The Morgan fingerprint density at radius 2 is 1.90 bits per heavy atom. The summed E-state index contributed by atoms with van der Waals surface area (Å²) >= 11 is 0. The molecule has 0 spiro atoms. The van der Waals surface area contributed by atoms with Crippen LogP contribution in [0.25, 0.3) is 0 Å². The molecular weight excluding hydrogens is 258 g/mol. The maximum atomic E-state index is 11.6. The Labute approximate surface area is 121 Å². The second-order valence-electron chi connectivity index (χ2n) is 5.73. The van der Waals surface area contributed by atoms with Crippen molar-refractivity contribution >= 4 is 11.9 Å². The minimum Gasteiger partial charge on any atom is -0.467 e. The van der Waals surface area contributed by atoms with Gasteiger partial charge in [0, 0.05) is 25.6 Å². The highest BCUT2D eigenvalue weighted by atomic mass is 16.5. The fourth-order valence-corrected chi connectivity index (χ4v) is 2.85. The summed E-state index contributed by atoms with van der Waals surface area (Å²) in [6.45, 7) is 2.60. The van der Waals surface area contributed by atoms with E-state index in [1.807, 2.05) is 0 Å². The molecule has 1 unspecified atom stereocenters. The number of carbonyl (C=O) groups excluding carboxylic acids is 2. The lowest BCUT2D eigenvalue weighted by molar-refractivity contribution is -0.144. The van der Waals surface area contributed by atoms with Crippen LogP contribution >= 0.6 is 0 Å². The van der Waals surface area contributed by atoms with E-state index >= 15 is 0 Å². The summed E-state index contributed by atoms with van der Waals surface area (Å²) in [5.74, 6) is -0.650. The third kappa shape index (κ3) is 4.45. The number of methoxy groups -OCH3 is 1. The van der Waals surface area contributed by atoms with Gasteiger partial charge in [-0.1, -0.05) is 12.8 Å². The third-order valence-corrected chi connectivity index (χ3v) is 4.15. The van der Waals surface area contributed by atoms with Gasteiger partial charge in [0.25, 0.3) is 0 Å². The molecule has 0 aromatic rings. The van der Waals surface area contributed by atoms with Gasteiger partial charge in [0.1, 0.15) is 6.04 Å². The van der Waals surface area contributed by atoms with Crippen molar-refractivity contribution in [2.45, 2.75) is 44.2 Å². The first kappa shape index (κ1) is 16.9. The summed E-state index contributed by atoms with van der Waals surface area (Å²) < 4.78 is 4.70. The molecule has 1 aliphatic carbocycles. The maximum absolute atomic E-state index is 11.6. The molecule has 0 radical (unpaired) electrons. The number of likely N-dealkylation sites (N-methyl/N-ethyl adjacent to an activating group) is 1. The van der Waals surface area contributed by atoms with E-state index in [1.165, 1.54) is 26.9 Å². The Morgan fingerprint density at radius 1 is 1.30 bits per heavy atom. The Bertz CT molecular complexity index is 339. The van der Waals surface area contributed by atoms with Gasteiger partial charge in [0.2, 0.25) is 5.91 Å². The number of carbonyl (C=O) groups is 2. The van der Waals surface area contributed by atoms with E-state index in [9.17, 15) is 9.59 Å². The van der Waals surface area contributed by atoms with Crippen LogP contribution in [0.15, 0.2) is 0 Å². The normalized spacial score (nSPS) is 18.9. The zero-order valence-corrected chi connectivity index (χ0v) is 13.0. The van der Waals surface area contributed by atoms with Crippen LogP contribution in [-0.4, -0.2) is 62.7 Å². The van der Waals surface area contributed by atoms with Crippen molar-refractivity contribution < 1.29 is 14.3 Å². The second-order valence-corrected chi connectivity index (χ2v) is 5.73. The first-order chi connectivity index (χ1) is 9.41. The number of hydrogen-bond donors (Lipinski definition) is 2. The number of hydrogen-bond acceptors (Lipinski definition) is 5. The van der Waals surface area contributed by atoms with Crippen molar-refractivity contribution in [3.8, 4) is 0 Å². The molecule has 6 nitrogen and oxygen atoms in total. The topological polar surface area (TPSA) is 70.7 Å². The SMILES string of the molecule is COC(=O)C(CNCC1(N(C)C)CCCC1)NC(C)=O. The van der Waals surface area contributed by atoms with E-state index in [0.29, 0.717) is 6.54 Å². The first-order valence-corrected chi connectivity index (χ1v) is 7.14. The minimum absolute atomic E-state index is 0.164. The van der Waals surface area contributed by atoms with E-state index in [-0.39, 0.29) is 11.4 Å². The lowest BCUT2D eigenvalue weighted by atomic mass is 9.96. The van der Waals surface area contributed by atoms with Gasteiger partial charge in [-0.05, 0) is 26.9 Å². The molecule has 2 N–H and O–H groups in total. The fourth-order valence-electron chi connectivity index (χ4n) is 2.85. The summed E-state index contributed by atoms with van der Waals surface area (Å²) in [7, 11) is 5.52. The molecule has 1 saturated carbocycles. The van der Waals surface area contributed by atoms with Gasteiger partial charge in [-0.25, -0.2) is 4.79 Å². The van der Waals surface area contributed by atoms with Crippen molar-refractivity contribution in [2.75, 3.05) is 34.3 Å². The molecule has 1 amide bonds. The molecule has 0 heterocycles. The van der Waals surface area contributed by atoms with Gasteiger partial charge < -0.3 is 20.3 Å². The van der Waals surface area contributed by atoms with Crippen LogP contribution in [0.1, 0.15) is 32.6 Å². The number of amides is 1. The predicted octanol–water partition coefficient (Wildman–Crippen LogP) is 0.128. The maximum Gasteiger partial charge on any atom is 0.329 e. The van der Waals surface area contributed by atoms with E-state index in [4.69, 9.17) is 4.74 Å². The number of rotatable bonds is 7. The molecular formula is C14H27N3O3. The van der Waals surface area contributed by atoms with Crippen molar-refractivity contribution in [1.29, 1.82) is 0 Å². The summed E-state index contributed by atoms with van der Waals surface area (Å²) in [4.78, 5) is 25.0. The van der Waals surface area contributed by atoms with Crippen LogP contribution in [-0.2, 0) is 14.3 Å². The zero-order valence-electron chi connectivity index (χ0n) is 13.0. The Balaban J connectivity index is 2.50. The highest BCUT2D eigenvalue weighted by molar-refractivity contribution is 5.83. The molecule has 20 heavy (non-hydrogen) atoms. The lowest BCUT2D eigenvalue weighted by Crippen LogP contribution is -2.53. The van der Waals surface area contributed by atoms with Gasteiger partial charge >= 0.3 is 5.97 Å². The first-order valence-electron chi connectivity index (χ1n) is 7.14. The van der Waals surface area contributed by atoms with E-state index < -0.39 is 12.0 Å². The summed E-state index contributed by atoms with van der Waals surface area (Å²) in [6, 6.07) is -0.627. The molecule has 0 aromatic heterocycles. The van der Waals surface area contributed by atoms with E-state index in [2.05, 4.69) is 29.6 Å². The Kier molecular flexibility index (Phi) is 6.42. The van der Waals surface area contributed by atoms with Crippen LogP contribution in [0.5, 0.6) is 0 Å². The van der Waals surface area contributed by atoms with Gasteiger partial charge in [0.05, 0.1) is 7.11 Å². The Morgan fingerprint density at radius 3 is 2.35 bits per heavy atom. The predicted molar refractivity (Wildman–Crippen MR) is 77.4 cm³/mol. The van der Waals surface area contributed by atoms with Gasteiger partial charge in [-0.3, -0.25) is 4.79 Å². The lowest BCUT2D eigenvalue weighted by Gasteiger charge is -2.37. The molecule has 0 bridgehead atoms. The van der Waals surface area contributed by atoms with Crippen LogP contribution in [0.4, 0.5) is 0 Å². The third-order valence-electron chi connectivity index (χ3n) is 4.15. The smallest absolute Gasteiger partial charge is 0.329 e. The number of esters is 1. The zero-order chi connectivity index (χ0) is 15.2. The average molecular weight is 285 g/mol.